The number of nitrogens with zero attached hydrogens (tertiary/aromatic N) is 3. The highest BCUT2D eigenvalue weighted by Crippen LogP contribution is 2.38. The Kier molecular flexibility index (Phi) is 9.10. The number of rotatable bonds is 12. The van der Waals surface area contributed by atoms with Gasteiger partial charge in [-0.2, -0.15) is 4.72 Å². The number of likely N-dealkylation sites (tertiary alicyclic amines) is 1. The highest BCUT2D eigenvalue weighted by Gasteiger charge is 2.52. The van der Waals surface area contributed by atoms with E-state index in [2.05, 4.69) is 30.5 Å². The highest BCUT2D eigenvalue weighted by atomic mass is 32.2. The number of hydrogen-bond donors (Lipinski definition) is 5. The minimum absolute atomic E-state index is 0.0164. The molecule has 5 N–H and O–H groups in total. The second kappa shape index (κ2) is 13.1. The summed E-state index contributed by atoms with van der Waals surface area (Å²) in [4.78, 5) is 52.1. The van der Waals surface area contributed by atoms with Gasteiger partial charge in [0.1, 0.15) is 18.4 Å². The van der Waals surface area contributed by atoms with Crippen LogP contribution in [0.5, 0.6) is 0 Å². The fourth-order valence-electron chi connectivity index (χ4n) is 4.99. The second-order valence-corrected chi connectivity index (χ2v) is 12.1. The van der Waals surface area contributed by atoms with Crippen molar-refractivity contribution in [3.63, 3.8) is 0 Å². The van der Waals surface area contributed by atoms with Crippen LogP contribution in [0.2, 0.25) is 0 Å². The molecular formula is C28H31N7O8S. The third-order valence-corrected chi connectivity index (χ3v) is 8.65. The van der Waals surface area contributed by atoms with E-state index in [4.69, 9.17) is 9.57 Å². The van der Waals surface area contributed by atoms with Crippen molar-refractivity contribution in [3.8, 4) is 0 Å². The Bertz CT molecular complexity index is 1600. The van der Waals surface area contributed by atoms with Gasteiger partial charge in [-0.1, -0.05) is 53.7 Å². The maximum absolute atomic E-state index is 13.2. The number of H-pyrrole nitrogens is 1. The van der Waals surface area contributed by atoms with Crippen molar-refractivity contribution < 1.29 is 37.5 Å². The molecule has 3 heterocycles. The summed E-state index contributed by atoms with van der Waals surface area (Å²) in [6.45, 7) is -0.0758. The zero-order valence-electron chi connectivity index (χ0n) is 23.4. The molecule has 2 aliphatic heterocycles. The van der Waals surface area contributed by atoms with Gasteiger partial charge >= 0.3 is 12.1 Å². The molecule has 1 aromatic heterocycles. The van der Waals surface area contributed by atoms with Crippen LogP contribution < -0.4 is 15.4 Å². The number of aromatic nitrogens is 2. The number of carbonyl (C=O) groups is 3. The quantitative estimate of drug-likeness (QED) is 0.195. The van der Waals surface area contributed by atoms with Gasteiger partial charge in [-0.05, 0) is 17.7 Å². The first kappa shape index (κ1) is 30.5. The molecule has 1 saturated heterocycles. The molecule has 16 heteroatoms. The van der Waals surface area contributed by atoms with Crippen LogP contribution >= 0.6 is 0 Å². The lowest BCUT2D eigenvalue weighted by Gasteiger charge is -2.24. The van der Waals surface area contributed by atoms with Crippen LogP contribution in [0.15, 0.2) is 83.1 Å². The number of carbonyl (C=O) groups excluding carboxylic acids is 2. The Labute approximate surface area is 252 Å². The minimum Gasteiger partial charge on any atom is -0.480 e. The van der Waals surface area contributed by atoms with Crippen LogP contribution in [0.1, 0.15) is 18.4 Å². The van der Waals surface area contributed by atoms with E-state index in [1.165, 1.54) is 29.2 Å². The maximum atomic E-state index is 13.2. The molecule has 2 aromatic carbocycles. The molecule has 0 radical (unpaired) electrons. The summed E-state index contributed by atoms with van der Waals surface area (Å²) < 4.78 is 32.9. The Balaban J connectivity index is 1.20. The van der Waals surface area contributed by atoms with Crippen LogP contribution in [0.4, 0.5) is 10.7 Å². The maximum Gasteiger partial charge on any atom is 0.410 e. The molecule has 2 unspecified atom stereocenters. The molecule has 2 amide bonds. The molecule has 1 fully saturated rings. The molecule has 0 bridgehead atoms. The number of carboxylic acid groups (broad SMARTS) is 1. The van der Waals surface area contributed by atoms with Gasteiger partial charge < -0.3 is 30.3 Å². The summed E-state index contributed by atoms with van der Waals surface area (Å²) in [6, 6.07) is 14.5. The average molecular weight is 626 g/mol. The van der Waals surface area contributed by atoms with Gasteiger partial charge in [-0.25, -0.2) is 18.2 Å². The topological polar surface area (TPSA) is 204 Å². The van der Waals surface area contributed by atoms with Crippen molar-refractivity contribution in [2.75, 3.05) is 25.0 Å². The van der Waals surface area contributed by atoms with Crippen molar-refractivity contribution in [2.45, 2.75) is 42.0 Å². The monoisotopic (exact) mass is 625 g/mol. The van der Waals surface area contributed by atoms with Crippen molar-refractivity contribution >= 4 is 39.7 Å². The van der Waals surface area contributed by atoms with Gasteiger partial charge in [0.2, 0.25) is 10.0 Å². The van der Waals surface area contributed by atoms with Gasteiger partial charge in [0.15, 0.2) is 11.5 Å². The molecule has 44 heavy (non-hydrogen) atoms. The number of hydrogen-bond acceptors (Lipinski definition) is 10. The first-order valence-electron chi connectivity index (χ1n) is 13.7. The third kappa shape index (κ3) is 7.33. The number of carboxylic acids is 1. The fraction of sp³-hybridized carbons (Fsp3) is 0.321. The molecule has 5 rings (SSSR count). The number of aliphatic carboxylic acids is 1. The summed E-state index contributed by atoms with van der Waals surface area (Å²) in [5.74, 6) is -1.68. The zero-order chi connectivity index (χ0) is 31.2. The molecule has 15 nitrogen and oxygen atoms in total. The second-order valence-electron chi connectivity index (χ2n) is 10.4. The standard InChI is InChI=1S/C28H31N7O8S/c36-24(31-16-23(25(37)38)34-44(40,41)21-9-5-2-6-10-21)22-14-28(43-33-22)13-20(15-32-26-29-11-12-30-26)35(18-28)27(39)42-17-19-7-3-1-4-8-19/h1-12,20,23,34H,13-18H2,(H,31,36)(H,37,38)(H2,29,30,32)/t20?,23?,28-/m0/s1. The summed E-state index contributed by atoms with van der Waals surface area (Å²) in [5, 5.41) is 19.1. The molecule has 2 aliphatic rings. The van der Waals surface area contributed by atoms with Crippen molar-refractivity contribution in [1.82, 2.24) is 24.9 Å². The lowest BCUT2D eigenvalue weighted by Crippen LogP contribution is -2.49. The summed E-state index contributed by atoms with van der Waals surface area (Å²) in [7, 11) is -4.15. The van der Waals surface area contributed by atoms with E-state index in [1.54, 1.807) is 18.5 Å². The Morgan fingerprint density at radius 1 is 1.14 bits per heavy atom. The summed E-state index contributed by atoms with van der Waals surface area (Å²) in [5.41, 5.74) is -0.211. The average Bonchev–Trinajstić information content (AvgIpc) is 3.78. The minimum atomic E-state index is -4.15. The predicted octanol–water partition coefficient (Wildman–Crippen LogP) is 1.30. The van der Waals surface area contributed by atoms with Gasteiger partial charge in [-0.15, -0.1) is 0 Å². The van der Waals surface area contributed by atoms with E-state index < -0.39 is 52.2 Å². The smallest absolute Gasteiger partial charge is 0.410 e. The molecular weight excluding hydrogens is 594 g/mol. The molecule has 3 aromatic rings. The van der Waals surface area contributed by atoms with Crippen molar-refractivity contribution in [3.05, 3.63) is 78.6 Å². The van der Waals surface area contributed by atoms with Crippen LogP contribution in [0.3, 0.4) is 0 Å². The lowest BCUT2D eigenvalue weighted by molar-refractivity contribution is -0.138. The van der Waals surface area contributed by atoms with Gasteiger partial charge in [0.05, 0.1) is 17.5 Å². The van der Waals surface area contributed by atoms with Gasteiger partial charge in [0.25, 0.3) is 5.91 Å². The number of benzene rings is 2. The molecule has 0 saturated carbocycles. The lowest BCUT2D eigenvalue weighted by atomic mass is 9.94. The SMILES string of the molecule is O=C(NCC(NS(=O)(=O)c1ccccc1)C(=O)O)C1=NO[C@]2(C1)CC(CNc1ncc[nH]1)N(C(=O)OCc1ccccc1)C2. The van der Waals surface area contributed by atoms with E-state index in [9.17, 15) is 27.9 Å². The van der Waals surface area contributed by atoms with Crippen molar-refractivity contribution in [1.29, 1.82) is 0 Å². The van der Waals surface area contributed by atoms with Gasteiger partial charge in [0, 0.05) is 38.3 Å². The summed E-state index contributed by atoms with van der Waals surface area (Å²) in [6.07, 6.45) is 3.03. The normalized spacial score (nSPS) is 20.0. The van der Waals surface area contributed by atoms with Crippen LogP contribution in [0, 0.1) is 0 Å². The molecule has 232 valence electrons. The number of ether oxygens (including phenoxy) is 1. The number of imidazole rings is 1. The number of aromatic amines is 1. The highest BCUT2D eigenvalue weighted by molar-refractivity contribution is 7.89. The number of anilines is 1. The third-order valence-electron chi connectivity index (χ3n) is 7.17. The van der Waals surface area contributed by atoms with E-state index >= 15 is 0 Å². The van der Waals surface area contributed by atoms with E-state index in [0.717, 1.165) is 5.56 Å². The Morgan fingerprint density at radius 2 is 1.86 bits per heavy atom. The van der Waals surface area contributed by atoms with Crippen molar-refractivity contribution in [2.24, 2.45) is 5.16 Å². The summed E-state index contributed by atoms with van der Waals surface area (Å²) >= 11 is 0. The van der Waals surface area contributed by atoms with Crippen LogP contribution in [-0.2, 0) is 35.8 Å². The van der Waals surface area contributed by atoms with E-state index in [0.29, 0.717) is 18.9 Å². The van der Waals surface area contributed by atoms with E-state index in [1.807, 2.05) is 30.3 Å². The zero-order valence-corrected chi connectivity index (χ0v) is 24.2. The van der Waals surface area contributed by atoms with Crippen LogP contribution in [-0.4, -0.2) is 89.4 Å². The Hall–Kier alpha value is -4.96. The van der Waals surface area contributed by atoms with Gasteiger partial charge in [-0.3, -0.25) is 14.5 Å². The first-order valence-corrected chi connectivity index (χ1v) is 15.2. The molecule has 1 spiro atoms. The fourth-order valence-corrected chi connectivity index (χ4v) is 6.20. The predicted molar refractivity (Wildman–Crippen MR) is 156 cm³/mol. The molecule has 3 atom stereocenters. The largest absolute Gasteiger partial charge is 0.480 e. The molecule has 0 aliphatic carbocycles. The van der Waals surface area contributed by atoms with Crippen LogP contribution in [0.25, 0.3) is 0 Å². The number of amides is 2. The Morgan fingerprint density at radius 3 is 2.55 bits per heavy atom. The number of oxime groups is 1. The number of nitrogens with one attached hydrogen (secondary N) is 4. The first-order chi connectivity index (χ1) is 21.1. The van der Waals surface area contributed by atoms with E-state index in [-0.39, 0.29) is 30.2 Å². The number of sulfonamides is 1.